The highest BCUT2D eigenvalue weighted by atomic mass is 32.2. The second kappa shape index (κ2) is 8.85. The molecule has 0 atom stereocenters. The fourth-order valence-electron chi connectivity index (χ4n) is 2.55. The highest BCUT2D eigenvalue weighted by Crippen LogP contribution is 2.16. The molecule has 0 aliphatic rings. The summed E-state index contributed by atoms with van der Waals surface area (Å²) in [7, 11) is -3.80. The van der Waals surface area contributed by atoms with Crippen LogP contribution in [0.3, 0.4) is 0 Å². The van der Waals surface area contributed by atoms with Crippen molar-refractivity contribution in [3.8, 4) is 5.75 Å². The first kappa shape index (κ1) is 20.5. The zero-order chi connectivity index (χ0) is 20.9. The largest absolute Gasteiger partial charge is 0.481 e. The number of carbonyl (C=O) groups is 1. The molecule has 1 N–H and O–H groups in total. The Hall–Kier alpha value is -3.23. The van der Waals surface area contributed by atoms with Gasteiger partial charge < -0.3 is 9.15 Å². The van der Waals surface area contributed by atoms with E-state index in [1.54, 1.807) is 12.1 Å². The smallest absolute Gasteiger partial charge is 0.240 e. The van der Waals surface area contributed by atoms with Crippen molar-refractivity contribution in [3.05, 3.63) is 93.5 Å². The third-order valence-electron chi connectivity index (χ3n) is 4.08. The number of hydrogen-bond donors (Lipinski definition) is 1. The van der Waals surface area contributed by atoms with Crippen molar-refractivity contribution in [1.29, 1.82) is 0 Å². The van der Waals surface area contributed by atoms with E-state index in [9.17, 15) is 18.0 Å². The molecule has 8 heteroatoms. The molecule has 0 amide bonds. The fraction of sp³-hybridized carbons (Fsp3) is 0.143. The van der Waals surface area contributed by atoms with Gasteiger partial charge in [0.25, 0.3) is 0 Å². The topological polar surface area (TPSA) is 103 Å². The lowest BCUT2D eigenvalue weighted by molar-refractivity contribution is 0.108. The number of aldehydes is 1. The van der Waals surface area contributed by atoms with E-state index >= 15 is 0 Å². The summed E-state index contributed by atoms with van der Waals surface area (Å²) < 4.78 is 37.9. The summed E-state index contributed by atoms with van der Waals surface area (Å²) in [5.74, 6) is -0.508. The summed E-state index contributed by atoms with van der Waals surface area (Å²) in [6, 6.07) is 16.5. The zero-order valence-electron chi connectivity index (χ0n) is 15.6. The summed E-state index contributed by atoms with van der Waals surface area (Å²) in [5.41, 5.74) is 1.18. The number of rotatable bonds is 8. The molecule has 0 unspecified atom stereocenters. The molecule has 150 valence electrons. The molecule has 0 spiro atoms. The van der Waals surface area contributed by atoms with Crippen molar-refractivity contribution >= 4 is 16.3 Å². The molecular formula is C21H19NO6S. The Balaban J connectivity index is 1.75. The SMILES string of the molecule is Cc1ccc(S(=O)(=O)NCc2cc(=O)c(OCc3ccccc3)c(C=O)o2)cc1. The Labute approximate surface area is 168 Å². The van der Waals surface area contributed by atoms with Gasteiger partial charge in [-0.3, -0.25) is 9.59 Å². The Bertz CT molecular complexity index is 1150. The number of benzene rings is 2. The minimum atomic E-state index is -3.80. The first-order valence-electron chi connectivity index (χ1n) is 8.74. The third-order valence-corrected chi connectivity index (χ3v) is 5.50. The average molecular weight is 413 g/mol. The van der Waals surface area contributed by atoms with Crippen LogP contribution in [0.2, 0.25) is 0 Å². The lowest BCUT2D eigenvalue weighted by Crippen LogP contribution is -2.24. The summed E-state index contributed by atoms with van der Waals surface area (Å²) >= 11 is 0. The minimum absolute atomic E-state index is 0.000141. The maximum absolute atomic E-state index is 12.4. The molecule has 29 heavy (non-hydrogen) atoms. The molecule has 0 saturated carbocycles. The molecule has 1 aromatic heterocycles. The van der Waals surface area contributed by atoms with Crippen LogP contribution >= 0.6 is 0 Å². The molecular weight excluding hydrogens is 394 g/mol. The van der Waals surface area contributed by atoms with E-state index in [4.69, 9.17) is 9.15 Å². The highest BCUT2D eigenvalue weighted by Gasteiger charge is 2.17. The van der Waals surface area contributed by atoms with Gasteiger partial charge in [0.2, 0.25) is 27.0 Å². The lowest BCUT2D eigenvalue weighted by Gasteiger charge is -2.10. The molecule has 3 rings (SSSR count). The summed E-state index contributed by atoms with van der Waals surface area (Å²) in [4.78, 5) is 23.8. The van der Waals surface area contributed by atoms with Crippen molar-refractivity contribution < 1.29 is 22.4 Å². The van der Waals surface area contributed by atoms with E-state index in [0.29, 0.717) is 6.29 Å². The Kier molecular flexibility index (Phi) is 6.26. The molecule has 0 saturated heterocycles. The maximum atomic E-state index is 12.4. The van der Waals surface area contributed by atoms with Crippen molar-refractivity contribution in [2.24, 2.45) is 0 Å². The van der Waals surface area contributed by atoms with Gasteiger partial charge in [-0.1, -0.05) is 48.0 Å². The quantitative estimate of drug-likeness (QED) is 0.570. The molecule has 7 nitrogen and oxygen atoms in total. The van der Waals surface area contributed by atoms with E-state index in [-0.39, 0.29) is 35.3 Å². The van der Waals surface area contributed by atoms with Gasteiger partial charge in [0.05, 0.1) is 11.4 Å². The van der Waals surface area contributed by atoms with Crippen LogP contribution in [0.25, 0.3) is 0 Å². The van der Waals surface area contributed by atoms with Crippen LogP contribution in [0.15, 0.2) is 74.8 Å². The minimum Gasteiger partial charge on any atom is -0.481 e. The van der Waals surface area contributed by atoms with Gasteiger partial charge >= 0.3 is 0 Å². The Morgan fingerprint density at radius 3 is 2.41 bits per heavy atom. The first-order chi connectivity index (χ1) is 13.9. The van der Waals surface area contributed by atoms with E-state index < -0.39 is 15.5 Å². The van der Waals surface area contributed by atoms with Crippen molar-refractivity contribution in [2.45, 2.75) is 25.0 Å². The maximum Gasteiger partial charge on any atom is 0.240 e. The van der Waals surface area contributed by atoms with Gasteiger partial charge in [-0.05, 0) is 24.6 Å². The molecule has 0 aliphatic carbocycles. The number of ether oxygens (including phenoxy) is 1. The summed E-state index contributed by atoms with van der Waals surface area (Å²) in [6.45, 7) is 1.65. The second-order valence-electron chi connectivity index (χ2n) is 6.30. The van der Waals surface area contributed by atoms with Gasteiger partial charge in [-0.15, -0.1) is 0 Å². The summed E-state index contributed by atoms with van der Waals surface area (Å²) in [5, 5.41) is 0. The zero-order valence-corrected chi connectivity index (χ0v) is 16.4. The number of nitrogens with one attached hydrogen (secondary N) is 1. The molecule has 2 aromatic carbocycles. The van der Waals surface area contributed by atoms with E-state index in [2.05, 4.69) is 4.72 Å². The van der Waals surface area contributed by atoms with Crippen LogP contribution in [-0.2, 0) is 23.2 Å². The molecule has 0 aliphatic heterocycles. The Morgan fingerprint density at radius 2 is 1.76 bits per heavy atom. The normalized spacial score (nSPS) is 11.2. The predicted molar refractivity (Wildman–Crippen MR) is 106 cm³/mol. The van der Waals surface area contributed by atoms with Crippen molar-refractivity contribution in [1.82, 2.24) is 4.72 Å². The molecule has 3 aromatic rings. The van der Waals surface area contributed by atoms with Gasteiger partial charge in [-0.25, -0.2) is 13.1 Å². The van der Waals surface area contributed by atoms with Crippen molar-refractivity contribution in [3.63, 3.8) is 0 Å². The van der Waals surface area contributed by atoms with Crippen LogP contribution in [0.4, 0.5) is 0 Å². The van der Waals surface area contributed by atoms with Crippen LogP contribution in [0.1, 0.15) is 27.4 Å². The standard InChI is InChI=1S/C21H19NO6S/c1-15-7-9-18(10-8-15)29(25,26)22-12-17-11-19(24)21(20(13-23)28-17)27-14-16-5-3-2-4-6-16/h2-11,13,22H,12,14H2,1H3. The number of aryl methyl sites for hydroxylation is 1. The van der Waals surface area contributed by atoms with Crippen LogP contribution in [-0.4, -0.2) is 14.7 Å². The molecule has 1 heterocycles. The van der Waals surface area contributed by atoms with Crippen LogP contribution in [0, 0.1) is 6.92 Å². The predicted octanol–water partition coefficient (Wildman–Crippen LogP) is 2.82. The molecule has 0 fully saturated rings. The molecule has 0 radical (unpaired) electrons. The van der Waals surface area contributed by atoms with Gasteiger partial charge in [0.1, 0.15) is 12.4 Å². The Morgan fingerprint density at radius 1 is 1.07 bits per heavy atom. The van der Waals surface area contributed by atoms with E-state index in [1.807, 2.05) is 37.3 Å². The monoisotopic (exact) mass is 413 g/mol. The number of sulfonamides is 1. The van der Waals surface area contributed by atoms with E-state index in [1.165, 1.54) is 12.1 Å². The summed E-state index contributed by atoms with van der Waals surface area (Å²) in [6.07, 6.45) is 0.361. The van der Waals surface area contributed by atoms with Crippen molar-refractivity contribution in [2.75, 3.05) is 0 Å². The molecule has 0 bridgehead atoms. The average Bonchev–Trinajstić information content (AvgIpc) is 2.72. The first-order valence-corrected chi connectivity index (χ1v) is 10.2. The van der Waals surface area contributed by atoms with Crippen LogP contribution in [0.5, 0.6) is 5.75 Å². The van der Waals surface area contributed by atoms with Gasteiger partial charge in [-0.2, -0.15) is 0 Å². The fourth-order valence-corrected chi connectivity index (χ4v) is 3.55. The van der Waals surface area contributed by atoms with E-state index in [0.717, 1.165) is 17.2 Å². The highest BCUT2D eigenvalue weighted by molar-refractivity contribution is 7.89. The number of carbonyl (C=O) groups excluding carboxylic acids is 1. The lowest BCUT2D eigenvalue weighted by atomic mass is 10.2. The van der Waals surface area contributed by atoms with Crippen LogP contribution < -0.4 is 14.9 Å². The van der Waals surface area contributed by atoms with Gasteiger partial charge in [0.15, 0.2) is 6.29 Å². The second-order valence-corrected chi connectivity index (χ2v) is 8.07. The van der Waals surface area contributed by atoms with Gasteiger partial charge in [0, 0.05) is 6.07 Å². The number of hydrogen-bond acceptors (Lipinski definition) is 6. The third kappa shape index (κ3) is 5.18.